The minimum Gasteiger partial charge on any atom is -0.312 e. The lowest BCUT2D eigenvalue weighted by molar-refractivity contribution is 0.0969. The molecule has 2 atom stereocenters. The van der Waals surface area contributed by atoms with E-state index in [9.17, 15) is 0 Å². The molecule has 0 bridgehead atoms. The maximum absolute atomic E-state index is 3.65. The molecule has 1 N–H and O–H groups in total. The second-order valence-electron chi connectivity index (χ2n) is 8.10. The molecule has 20 heavy (non-hydrogen) atoms. The second-order valence-corrected chi connectivity index (χ2v) is 8.10. The highest BCUT2D eigenvalue weighted by Crippen LogP contribution is 2.30. The van der Waals surface area contributed by atoms with Gasteiger partial charge in [0.1, 0.15) is 0 Å². The van der Waals surface area contributed by atoms with Crippen molar-refractivity contribution in [1.82, 2.24) is 10.2 Å². The van der Waals surface area contributed by atoms with Crippen molar-refractivity contribution in [1.29, 1.82) is 0 Å². The molecule has 120 valence electrons. The van der Waals surface area contributed by atoms with E-state index < -0.39 is 0 Å². The Morgan fingerprint density at radius 2 is 1.65 bits per heavy atom. The van der Waals surface area contributed by atoms with Crippen molar-refractivity contribution in [2.75, 3.05) is 13.6 Å². The van der Waals surface area contributed by atoms with Gasteiger partial charge in [0.25, 0.3) is 0 Å². The highest BCUT2D eigenvalue weighted by molar-refractivity contribution is 4.83. The van der Waals surface area contributed by atoms with Crippen LogP contribution in [0.5, 0.6) is 0 Å². The van der Waals surface area contributed by atoms with Crippen molar-refractivity contribution in [2.24, 2.45) is 11.8 Å². The molecule has 1 rings (SSSR count). The van der Waals surface area contributed by atoms with Gasteiger partial charge in [0.05, 0.1) is 0 Å². The normalized spacial score (nSPS) is 27.6. The van der Waals surface area contributed by atoms with E-state index in [4.69, 9.17) is 0 Å². The average molecular weight is 283 g/mol. The monoisotopic (exact) mass is 282 g/mol. The fourth-order valence-corrected chi connectivity index (χ4v) is 3.33. The molecular formula is C18H38N2. The average Bonchev–Trinajstić information content (AvgIpc) is 2.42. The maximum atomic E-state index is 3.65. The summed E-state index contributed by atoms with van der Waals surface area (Å²) in [6.45, 7) is 15.0. The van der Waals surface area contributed by atoms with Gasteiger partial charge in [-0.05, 0) is 78.8 Å². The quantitative estimate of drug-likeness (QED) is 0.781. The zero-order valence-corrected chi connectivity index (χ0v) is 15.0. The number of nitrogens with one attached hydrogen (secondary N) is 1. The van der Waals surface area contributed by atoms with Gasteiger partial charge in [-0.25, -0.2) is 0 Å². The van der Waals surface area contributed by atoms with E-state index in [0.717, 1.165) is 18.5 Å². The summed E-state index contributed by atoms with van der Waals surface area (Å²) in [7, 11) is 2.34. The molecule has 0 radical (unpaired) electrons. The Balaban J connectivity index is 2.40. The molecule has 1 fully saturated rings. The highest BCUT2D eigenvalue weighted by Gasteiger charge is 2.28. The molecule has 2 heteroatoms. The van der Waals surface area contributed by atoms with E-state index in [1.807, 2.05) is 0 Å². The Labute approximate surface area is 127 Å². The zero-order valence-electron chi connectivity index (χ0n) is 15.0. The van der Waals surface area contributed by atoms with E-state index in [2.05, 4.69) is 58.8 Å². The predicted octanol–water partition coefficient (Wildman–Crippen LogP) is 4.30. The van der Waals surface area contributed by atoms with Crippen LogP contribution in [0.1, 0.15) is 73.6 Å². The number of hydrogen-bond donors (Lipinski definition) is 1. The van der Waals surface area contributed by atoms with Crippen LogP contribution < -0.4 is 5.32 Å². The Bertz CT molecular complexity index is 261. The van der Waals surface area contributed by atoms with Crippen molar-refractivity contribution in [2.45, 2.75) is 91.3 Å². The van der Waals surface area contributed by atoms with Crippen LogP contribution in [0, 0.1) is 11.8 Å². The van der Waals surface area contributed by atoms with E-state index in [0.29, 0.717) is 12.0 Å². The summed E-state index contributed by atoms with van der Waals surface area (Å²) in [6.07, 6.45) is 7.05. The summed E-state index contributed by atoms with van der Waals surface area (Å²) < 4.78 is 0. The van der Waals surface area contributed by atoms with Crippen LogP contribution in [0.25, 0.3) is 0 Å². The molecule has 0 heterocycles. The lowest BCUT2D eigenvalue weighted by atomic mass is 9.83. The maximum Gasteiger partial charge on any atom is 0.0105 e. The smallest absolute Gasteiger partial charge is 0.0105 e. The standard InChI is InChI=1S/C18H38N2/c1-8-16-9-11-17(12-10-16)20(7)15(3)14(2)13-19-18(4,5)6/h14-17,19H,8-13H2,1-7H3. The number of nitrogens with zero attached hydrogens (tertiary/aromatic N) is 1. The summed E-state index contributed by atoms with van der Waals surface area (Å²) >= 11 is 0. The van der Waals surface area contributed by atoms with Crippen LogP contribution in [-0.4, -0.2) is 36.1 Å². The molecule has 0 aliphatic heterocycles. The fraction of sp³-hybridized carbons (Fsp3) is 1.00. The van der Waals surface area contributed by atoms with Crippen molar-refractivity contribution in [3.8, 4) is 0 Å². The molecule has 0 aromatic carbocycles. The van der Waals surface area contributed by atoms with Gasteiger partial charge in [-0.3, -0.25) is 0 Å². The molecule has 0 amide bonds. The Kier molecular flexibility index (Phi) is 7.00. The molecule has 1 saturated carbocycles. The van der Waals surface area contributed by atoms with Crippen LogP contribution in [-0.2, 0) is 0 Å². The first-order chi connectivity index (χ1) is 9.24. The topological polar surface area (TPSA) is 15.3 Å². The lowest BCUT2D eigenvalue weighted by Crippen LogP contribution is -2.48. The lowest BCUT2D eigenvalue weighted by Gasteiger charge is -2.40. The minimum atomic E-state index is 0.228. The van der Waals surface area contributed by atoms with Crippen LogP contribution in [0.15, 0.2) is 0 Å². The third-order valence-electron chi connectivity index (χ3n) is 5.39. The Hall–Kier alpha value is -0.0800. The summed E-state index contributed by atoms with van der Waals surface area (Å²) in [5, 5.41) is 3.65. The first-order valence-corrected chi connectivity index (χ1v) is 8.71. The first-order valence-electron chi connectivity index (χ1n) is 8.71. The summed E-state index contributed by atoms with van der Waals surface area (Å²) in [5.41, 5.74) is 0.228. The summed E-state index contributed by atoms with van der Waals surface area (Å²) in [6, 6.07) is 1.47. The molecule has 2 unspecified atom stereocenters. The van der Waals surface area contributed by atoms with Gasteiger partial charge in [0.2, 0.25) is 0 Å². The molecule has 0 spiro atoms. The Morgan fingerprint density at radius 3 is 2.10 bits per heavy atom. The van der Waals surface area contributed by atoms with E-state index >= 15 is 0 Å². The summed E-state index contributed by atoms with van der Waals surface area (Å²) in [5.74, 6) is 1.69. The molecule has 0 saturated heterocycles. The van der Waals surface area contributed by atoms with E-state index in [1.54, 1.807) is 0 Å². The summed E-state index contributed by atoms with van der Waals surface area (Å²) in [4.78, 5) is 2.65. The molecule has 1 aliphatic rings. The van der Waals surface area contributed by atoms with Crippen molar-refractivity contribution in [3.05, 3.63) is 0 Å². The molecule has 0 aromatic rings. The molecular weight excluding hydrogens is 244 g/mol. The van der Waals surface area contributed by atoms with Crippen LogP contribution in [0.3, 0.4) is 0 Å². The van der Waals surface area contributed by atoms with Gasteiger partial charge < -0.3 is 10.2 Å². The highest BCUT2D eigenvalue weighted by atomic mass is 15.2. The molecule has 1 aliphatic carbocycles. The third kappa shape index (κ3) is 5.73. The van der Waals surface area contributed by atoms with E-state index in [-0.39, 0.29) is 5.54 Å². The van der Waals surface area contributed by atoms with Gasteiger partial charge in [-0.1, -0.05) is 20.3 Å². The minimum absolute atomic E-state index is 0.228. The van der Waals surface area contributed by atoms with Gasteiger partial charge >= 0.3 is 0 Å². The first kappa shape index (κ1) is 18.0. The largest absolute Gasteiger partial charge is 0.312 e. The van der Waals surface area contributed by atoms with Gasteiger partial charge in [0, 0.05) is 17.6 Å². The van der Waals surface area contributed by atoms with E-state index in [1.165, 1.54) is 32.1 Å². The van der Waals surface area contributed by atoms with Crippen molar-refractivity contribution < 1.29 is 0 Å². The predicted molar refractivity (Wildman–Crippen MR) is 90.2 cm³/mol. The number of rotatable bonds is 6. The van der Waals surface area contributed by atoms with Gasteiger partial charge in [-0.2, -0.15) is 0 Å². The Morgan fingerprint density at radius 1 is 1.10 bits per heavy atom. The SMILES string of the molecule is CCC1CCC(N(C)C(C)C(C)CNC(C)(C)C)CC1. The van der Waals surface area contributed by atoms with Crippen LogP contribution >= 0.6 is 0 Å². The van der Waals surface area contributed by atoms with Crippen molar-refractivity contribution in [3.63, 3.8) is 0 Å². The van der Waals surface area contributed by atoms with Gasteiger partial charge in [-0.15, -0.1) is 0 Å². The molecule has 2 nitrogen and oxygen atoms in total. The van der Waals surface area contributed by atoms with Gasteiger partial charge in [0.15, 0.2) is 0 Å². The number of hydrogen-bond acceptors (Lipinski definition) is 2. The fourth-order valence-electron chi connectivity index (χ4n) is 3.33. The van der Waals surface area contributed by atoms with Crippen LogP contribution in [0.2, 0.25) is 0 Å². The second kappa shape index (κ2) is 7.79. The zero-order chi connectivity index (χ0) is 15.3. The molecule has 0 aromatic heterocycles. The van der Waals surface area contributed by atoms with Crippen LogP contribution in [0.4, 0.5) is 0 Å². The van der Waals surface area contributed by atoms with Crippen molar-refractivity contribution >= 4 is 0 Å². The third-order valence-corrected chi connectivity index (χ3v) is 5.39.